The highest BCUT2D eigenvalue weighted by Crippen LogP contribution is 2.28. The van der Waals surface area contributed by atoms with E-state index in [0.717, 1.165) is 50.7 Å². The molecule has 1 aliphatic heterocycles. The highest BCUT2D eigenvalue weighted by molar-refractivity contribution is 6.02. The van der Waals surface area contributed by atoms with Gasteiger partial charge in [0.05, 0.1) is 11.3 Å². The molecular weight excluding hydrogens is 314 g/mol. The molecule has 0 saturated carbocycles. The van der Waals surface area contributed by atoms with Gasteiger partial charge in [0, 0.05) is 45.3 Å². The molecule has 0 atom stereocenters. The van der Waals surface area contributed by atoms with E-state index in [2.05, 4.69) is 44.4 Å². The smallest absolute Gasteiger partial charge is 0.227 e. The quantitative estimate of drug-likeness (QED) is 0.928. The summed E-state index contributed by atoms with van der Waals surface area (Å²) in [6.45, 7) is 3.64. The first-order valence-electron chi connectivity index (χ1n) is 8.93. The molecule has 0 radical (unpaired) electrons. The number of ketones is 1. The first-order valence-corrected chi connectivity index (χ1v) is 8.93. The molecular formula is C19H23N5O. The predicted octanol–water partition coefficient (Wildman–Crippen LogP) is 2.36. The van der Waals surface area contributed by atoms with Crippen molar-refractivity contribution in [3.8, 4) is 0 Å². The maximum Gasteiger partial charge on any atom is 0.227 e. The molecule has 2 aromatic rings. The third kappa shape index (κ3) is 3.04. The van der Waals surface area contributed by atoms with Gasteiger partial charge < -0.3 is 15.1 Å². The van der Waals surface area contributed by atoms with Crippen LogP contribution in [0.25, 0.3) is 0 Å². The summed E-state index contributed by atoms with van der Waals surface area (Å²) in [5.41, 5.74) is 2.85. The number of aromatic nitrogens is 2. The van der Waals surface area contributed by atoms with Gasteiger partial charge in [0.1, 0.15) is 5.82 Å². The minimum absolute atomic E-state index is 0.158. The number of nitrogens with one attached hydrogen (secondary N) is 1. The number of para-hydroxylation sites is 1. The lowest BCUT2D eigenvalue weighted by Crippen LogP contribution is -2.47. The maximum atomic E-state index is 12.2. The second-order valence-electron chi connectivity index (χ2n) is 6.53. The van der Waals surface area contributed by atoms with Gasteiger partial charge >= 0.3 is 0 Å². The molecule has 0 spiro atoms. The second kappa shape index (κ2) is 6.70. The normalized spacial score (nSPS) is 17.4. The zero-order valence-corrected chi connectivity index (χ0v) is 14.5. The summed E-state index contributed by atoms with van der Waals surface area (Å²) in [7, 11) is 1.82. The van der Waals surface area contributed by atoms with Crippen LogP contribution in [0.2, 0.25) is 0 Å². The van der Waals surface area contributed by atoms with E-state index >= 15 is 0 Å². The minimum atomic E-state index is 0.158. The summed E-state index contributed by atoms with van der Waals surface area (Å²) in [6, 6.07) is 10.5. The number of fused-ring (bicyclic) bond motifs is 1. The van der Waals surface area contributed by atoms with Crippen molar-refractivity contribution in [2.24, 2.45) is 0 Å². The minimum Gasteiger partial charge on any atom is -0.372 e. The van der Waals surface area contributed by atoms with Crippen molar-refractivity contribution in [3.63, 3.8) is 0 Å². The monoisotopic (exact) mass is 337 g/mol. The Hall–Kier alpha value is -2.63. The van der Waals surface area contributed by atoms with Crippen LogP contribution < -0.4 is 15.1 Å². The van der Waals surface area contributed by atoms with Crippen LogP contribution in [0.1, 0.15) is 28.9 Å². The largest absolute Gasteiger partial charge is 0.372 e. The summed E-state index contributed by atoms with van der Waals surface area (Å²) in [6.07, 6.45) is 2.34. The molecule has 4 rings (SSSR count). The third-order valence-electron chi connectivity index (χ3n) is 4.99. The first-order chi connectivity index (χ1) is 12.3. The van der Waals surface area contributed by atoms with Gasteiger partial charge in [0.15, 0.2) is 5.78 Å². The van der Waals surface area contributed by atoms with Crippen molar-refractivity contribution in [3.05, 3.63) is 41.6 Å². The van der Waals surface area contributed by atoms with E-state index in [-0.39, 0.29) is 5.78 Å². The maximum absolute atomic E-state index is 12.2. The Morgan fingerprint density at radius 2 is 1.68 bits per heavy atom. The van der Waals surface area contributed by atoms with Crippen LogP contribution in [0, 0.1) is 0 Å². The molecule has 0 unspecified atom stereocenters. The molecule has 130 valence electrons. The highest BCUT2D eigenvalue weighted by atomic mass is 16.1. The number of carbonyl (C=O) groups is 1. The Morgan fingerprint density at radius 3 is 2.40 bits per heavy atom. The molecule has 2 heterocycles. The van der Waals surface area contributed by atoms with Crippen LogP contribution >= 0.6 is 0 Å². The number of anilines is 3. The number of aryl methyl sites for hydroxylation is 1. The molecule has 1 N–H and O–H groups in total. The number of hydrogen-bond donors (Lipinski definition) is 1. The molecule has 0 amide bonds. The van der Waals surface area contributed by atoms with Gasteiger partial charge in [-0.15, -0.1) is 0 Å². The Labute approximate surface area is 147 Å². The average molecular weight is 337 g/mol. The molecule has 6 heteroatoms. The fourth-order valence-electron chi connectivity index (χ4n) is 3.64. The summed E-state index contributed by atoms with van der Waals surface area (Å²) in [5.74, 6) is 1.58. The van der Waals surface area contributed by atoms with Crippen molar-refractivity contribution in [2.75, 3.05) is 48.3 Å². The van der Waals surface area contributed by atoms with E-state index in [9.17, 15) is 4.79 Å². The number of benzene rings is 1. The molecule has 1 aromatic heterocycles. The Balaban J connectivity index is 1.54. The van der Waals surface area contributed by atoms with E-state index in [1.165, 1.54) is 5.69 Å². The van der Waals surface area contributed by atoms with Crippen LogP contribution in [0.5, 0.6) is 0 Å². The van der Waals surface area contributed by atoms with Gasteiger partial charge in [-0.25, -0.2) is 4.98 Å². The zero-order valence-electron chi connectivity index (χ0n) is 14.5. The lowest BCUT2D eigenvalue weighted by Gasteiger charge is -2.36. The van der Waals surface area contributed by atoms with Gasteiger partial charge in [-0.05, 0) is 25.0 Å². The topological polar surface area (TPSA) is 61.4 Å². The first kappa shape index (κ1) is 15.9. The fraction of sp³-hybridized carbons (Fsp3) is 0.421. The number of hydrogen-bond acceptors (Lipinski definition) is 6. The molecule has 2 aliphatic rings. The second-order valence-corrected chi connectivity index (χ2v) is 6.53. The van der Waals surface area contributed by atoms with Crippen molar-refractivity contribution in [1.29, 1.82) is 0 Å². The van der Waals surface area contributed by atoms with Crippen molar-refractivity contribution in [2.45, 2.75) is 19.3 Å². The molecule has 1 saturated heterocycles. The van der Waals surface area contributed by atoms with Crippen molar-refractivity contribution < 1.29 is 4.79 Å². The van der Waals surface area contributed by atoms with E-state index in [0.29, 0.717) is 17.8 Å². The van der Waals surface area contributed by atoms with Crippen molar-refractivity contribution >= 4 is 23.2 Å². The average Bonchev–Trinajstić information content (AvgIpc) is 2.68. The Morgan fingerprint density at radius 1 is 0.960 bits per heavy atom. The molecule has 25 heavy (non-hydrogen) atoms. The van der Waals surface area contributed by atoms with Crippen LogP contribution in [0.15, 0.2) is 30.3 Å². The van der Waals surface area contributed by atoms with Crippen LogP contribution in [0.4, 0.5) is 17.5 Å². The summed E-state index contributed by atoms with van der Waals surface area (Å²) in [4.78, 5) is 26.2. The van der Waals surface area contributed by atoms with E-state index in [4.69, 9.17) is 4.98 Å². The third-order valence-corrected chi connectivity index (χ3v) is 4.99. The Kier molecular flexibility index (Phi) is 4.26. The summed E-state index contributed by atoms with van der Waals surface area (Å²) >= 11 is 0. The lowest BCUT2D eigenvalue weighted by molar-refractivity contribution is 0.0972. The number of carbonyl (C=O) groups excluding carboxylic acids is 1. The van der Waals surface area contributed by atoms with Gasteiger partial charge in [-0.3, -0.25) is 4.79 Å². The number of piperazine rings is 1. The van der Waals surface area contributed by atoms with Gasteiger partial charge in [0.2, 0.25) is 5.95 Å². The Bertz CT molecular complexity index is 752. The van der Waals surface area contributed by atoms with Gasteiger partial charge in [-0.1, -0.05) is 18.2 Å². The molecule has 6 nitrogen and oxygen atoms in total. The predicted molar refractivity (Wildman–Crippen MR) is 99.7 cm³/mol. The fourth-order valence-corrected chi connectivity index (χ4v) is 3.64. The van der Waals surface area contributed by atoms with E-state index in [1.54, 1.807) is 0 Å². The number of nitrogens with zero attached hydrogens (tertiary/aromatic N) is 4. The zero-order chi connectivity index (χ0) is 17.2. The van der Waals surface area contributed by atoms with Crippen molar-refractivity contribution in [1.82, 2.24) is 9.97 Å². The van der Waals surface area contributed by atoms with E-state index in [1.807, 2.05) is 13.1 Å². The van der Waals surface area contributed by atoms with Gasteiger partial charge in [-0.2, -0.15) is 4.98 Å². The SMILES string of the molecule is CNc1nc(N2CCN(c3ccccc3)CC2)nc2c1C(=O)CCC2. The number of Topliss-reactive ketones (excluding diaryl/α,β-unsaturated/α-hetero) is 1. The standard InChI is InChI=1S/C19H23N5O/c1-20-18-17-15(8-5-9-16(17)25)21-19(22-18)24-12-10-23(11-13-24)14-6-3-2-4-7-14/h2-4,6-7H,5,8-13H2,1H3,(H,20,21,22). The van der Waals surface area contributed by atoms with Gasteiger partial charge in [0.25, 0.3) is 0 Å². The molecule has 1 aliphatic carbocycles. The number of rotatable bonds is 3. The lowest BCUT2D eigenvalue weighted by atomic mass is 9.95. The van der Waals surface area contributed by atoms with Crippen LogP contribution in [0.3, 0.4) is 0 Å². The molecule has 0 bridgehead atoms. The summed E-state index contributed by atoms with van der Waals surface area (Å²) < 4.78 is 0. The molecule has 1 aromatic carbocycles. The van der Waals surface area contributed by atoms with E-state index < -0.39 is 0 Å². The molecule has 1 fully saturated rings. The highest BCUT2D eigenvalue weighted by Gasteiger charge is 2.26. The van der Waals surface area contributed by atoms with Crippen LogP contribution in [-0.2, 0) is 6.42 Å². The summed E-state index contributed by atoms with van der Waals surface area (Å²) in [5, 5.41) is 3.09. The van der Waals surface area contributed by atoms with Crippen LogP contribution in [-0.4, -0.2) is 49.0 Å².